The Kier molecular flexibility index (Phi) is 5.29. The van der Waals surface area contributed by atoms with Crippen molar-refractivity contribution < 1.29 is 22.7 Å². The Hall–Kier alpha value is -1.99. The molecule has 2 N–H and O–H groups in total. The number of rotatable bonds is 4. The minimum Gasteiger partial charge on any atom is -0.474 e. The highest BCUT2D eigenvalue weighted by Gasteiger charge is 2.51. The van der Waals surface area contributed by atoms with Gasteiger partial charge in [-0.25, -0.2) is 9.78 Å². The first-order chi connectivity index (χ1) is 14.8. The number of alkyl halides is 3. The number of hydrogen-bond acceptors (Lipinski definition) is 3. The molecule has 5 saturated carbocycles. The summed E-state index contributed by atoms with van der Waals surface area (Å²) < 4.78 is 43.7. The number of halogens is 3. The van der Waals surface area contributed by atoms with Gasteiger partial charge < -0.3 is 15.4 Å². The average Bonchev–Trinajstić information content (AvgIpc) is 2.68. The van der Waals surface area contributed by atoms with Gasteiger partial charge in [0.05, 0.1) is 5.56 Å². The van der Waals surface area contributed by atoms with Crippen molar-refractivity contribution in [1.29, 1.82) is 0 Å². The standard InChI is InChI=1S/C23H30F3N3O2/c24-23(25,26)17-1-6-20(27-13-17)31-19-4-2-18(3-5-19)28-21(30)29-22-10-14-7-15(11-22)9-16(8-14)12-22/h1,6,13-16,18-19H,2-5,7-12H2,(H2,28,29,30). The van der Waals surface area contributed by atoms with Crippen molar-refractivity contribution in [1.82, 2.24) is 15.6 Å². The van der Waals surface area contributed by atoms with Crippen LogP contribution in [0.1, 0.15) is 69.8 Å². The van der Waals surface area contributed by atoms with Crippen LogP contribution in [-0.4, -0.2) is 28.7 Å². The van der Waals surface area contributed by atoms with Crippen LogP contribution in [-0.2, 0) is 6.18 Å². The summed E-state index contributed by atoms with van der Waals surface area (Å²) in [6.45, 7) is 0. The zero-order valence-corrected chi connectivity index (χ0v) is 17.6. The molecule has 0 aromatic carbocycles. The zero-order chi connectivity index (χ0) is 21.6. The Bertz CT molecular complexity index is 768. The van der Waals surface area contributed by atoms with E-state index in [2.05, 4.69) is 15.6 Å². The molecule has 5 aliphatic rings. The number of nitrogens with zero attached hydrogens (tertiary/aromatic N) is 1. The predicted molar refractivity (Wildman–Crippen MR) is 108 cm³/mol. The van der Waals surface area contributed by atoms with Crippen molar-refractivity contribution in [3.8, 4) is 5.88 Å². The van der Waals surface area contributed by atoms with Crippen LogP contribution in [0.4, 0.5) is 18.0 Å². The number of nitrogens with one attached hydrogen (secondary N) is 2. The number of pyridine rings is 1. The van der Waals surface area contributed by atoms with Crippen LogP contribution >= 0.6 is 0 Å². The fourth-order valence-corrected chi connectivity index (χ4v) is 6.84. The number of carbonyl (C=O) groups excluding carboxylic acids is 1. The summed E-state index contributed by atoms with van der Waals surface area (Å²) in [6, 6.07) is 2.32. The normalized spacial score (nSPS) is 36.8. The molecule has 5 fully saturated rings. The highest BCUT2D eigenvalue weighted by Crippen LogP contribution is 2.55. The summed E-state index contributed by atoms with van der Waals surface area (Å²) in [6.07, 6.45) is 6.82. The Morgan fingerprint density at radius 3 is 2.13 bits per heavy atom. The maximum atomic E-state index is 12.7. The van der Waals surface area contributed by atoms with E-state index in [1.807, 2.05) is 0 Å². The van der Waals surface area contributed by atoms with Crippen LogP contribution in [0.2, 0.25) is 0 Å². The molecule has 0 aliphatic heterocycles. The van der Waals surface area contributed by atoms with Gasteiger partial charge in [-0.15, -0.1) is 0 Å². The average molecular weight is 438 g/mol. The van der Waals surface area contributed by atoms with E-state index in [1.165, 1.54) is 25.3 Å². The van der Waals surface area contributed by atoms with Gasteiger partial charge in [-0.2, -0.15) is 13.2 Å². The molecule has 1 aromatic heterocycles. The first kappa shape index (κ1) is 20.9. The summed E-state index contributed by atoms with van der Waals surface area (Å²) in [4.78, 5) is 16.5. The first-order valence-corrected chi connectivity index (χ1v) is 11.5. The molecular weight excluding hydrogens is 407 g/mol. The van der Waals surface area contributed by atoms with Crippen molar-refractivity contribution in [2.75, 3.05) is 0 Å². The van der Waals surface area contributed by atoms with Crippen LogP contribution < -0.4 is 15.4 Å². The second-order valence-electron chi connectivity index (χ2n) is 10.3. The van der Waals surface area contributed by atoms with E-state index in [-0.39, 0.29) is 29.6 Å². The first-order valence-electron chi connectivity index (χ1n) is 11.5. The van der Waals surface area contributed by atoms with E-state index in [0.717, 1.165) is 75.0 Å². The molecule has 5 aliphatic carbocycles. The Morgan fingerprint density at radius 2 is 1.61 bits per heavy atom. The molecule has 170 valence electrons. The van der Waals surface area contributed by atoms with Crippen LogP contribution in [0, 0.1) is 17.8 Å². The van der Waals surface area contributed by atoms with Gasteiger partial charge in [0.1, 0.15) is 6.10 Å². The highest BCUT2D eigenvalue weighted by molar-refractivity contribution is 5.75. The van der Waals surface area contributed by atoms with E-state index in [4.69, 9.17) is 4.74 Å². The second kappa shape index (κ2) is 7.85. The minimum absolute atomic E-state index is 0.00733. The molecular formula is C23H30F3N3O2. The molecule has 0 saturated heterocycles. The molecule has 0 radical (unpaired) electrons. The molecule has 5 nitrogen and oxygen atoms in total. The SMILES string of the molecule is O=C(NC1CCC(Oc2ccc(C(F)(F)F)cn2)CC1)NC12CC3CC(CC(C3)C1)C2. The largest absolute Gasteiger partial charge is 0.474 e. The van der Waals surface area contributed by atoms with E-state index in [9.17, 15) is 18.0 Å². The summed E-state index contributed by atoms with van der Waals surface area (Å²) in [7, 11) is 0. The number of aromatic nitrogens is 1. The maximum Gasteiger partial charge on any atom is 0.417 e. The molecule has 1 aromatic rings. The molecule has 0 atom stereocenters. The van der Waals surface area contributed by atoms with Crippen LogP contribution in [0.5, 0.6) is 5.88 Å². The van der Waals surface area contributed by atoms with Gasteiger partial charge >= 0.3 is 12.2 Å². The van der Waals surface area contributed by atoms with Gasteiger partial charge in [0.2, 0.25) is 5.88 Å². The zero-order valence-electron chi connectivity index (χ0n) is 17.6. The van der Waals surface area contributed by atoms with Gasteiger partial charge in [-0.05, 0) is 88.0 Å². The summed E-state index contributed by atoms with van der Waals surface area (Å²) in [5, 5.41) is 6.51. The Morgan fingerprint density at radius 1 is 1.00 bits per heavy atom. The van der Waals surface area contributed by atoms with Gasteiger partial charge in [-0.3, -0.25) is 0 Å². The topological polar surface area (TPSA) is 63.2 Å². The maximum absolute atomic E-state index is 12.7. The summed E-state index contributed by atoms with van der Waals surface area (Å²) in [5.74, 6) is 2.58. The summed E-state index contributed by atoms with van der Waals surface area (Å²) >= 11 is 0. The molecule has 1 heterocycles. The quantitative estimate of drug-likeness (QED) is 0.692. The lowest BCUT2D eigenvalue weighted by Gasteiger charge is -2.56. The van der Waals surface area contributed by atoms with Crippen LogP contribution in [0.15, 0.2) is 18.3 Å². The third-order valence-corrected chi connectivity index (χ3v) is 7.78. The molecule has 2 amide bonds. The molecule has 31 heavy (non-hydrogen) atoms. The molecule has 0 unspecified atom stereocenters. The molecule has 6 rings (SSSR count). The lowest BCUT2D eigenvalue weighted by molar-refractivity contribution is -0.137. The Balaban J connectivity index is 1.08. The number of amides is 2. The third-order valence-electron chi connectivity index (χ3n) is 7.78. The smallest absolute Gasteiger partial charge is 0.417 e. The van der Waals surface area contributed by atoms with Gasteiger partial charge in [0, 0.05) is 23.8 Å². The van der Waals surface area contributed by atoms with Crippen molar-refractivity contribution >= 4 is 6.03 Å². The van der Waals surface area contributed by atoms with Gasteiger partial charge in [0.25, 0.3) is 0 Å². The fraction of sp³-hybridized carbons (Fsp3) is 0.739. The van der Waals surface area contributed by atoms with Crippen molar-refractivity contribution in [2.45, 2.75) is 88.1 Å². The van der Waals surface area contributed by atoms with E-state index in [0.29, 0.717) is 0 Å². The highest BCUT2D eigenvalue weighted by atomic mass is 19.4. The minimum atomic E-state index is -4.40. The van der Waals surface area contributed by atoms with Gasteiger partial charge in [-0.1, -0.05) is 0 Å². The van der Waals surface area contributed by atoms with Crippen LogP contribution in [0.3, 0.4) is 0 Å². The Labute approximate surface area is 180 Å². The van der Waals surface area contributed by atoms with Crippen LogP contribution in [0.25, 0.3) is 0 Å². The number of urea groups is 1. The lowest BCUT2D eigenvalue weighted by Crippen LogP contribution is -2.62. The second-order valence-corrected chi connectivity index (χ2v) is 10.3. The van der Waals surface area contributed by atoms with Gasteiger partial charge in [0.15, 0.2) is 0 Å². The fourth-order valence-electron chi connectivity index (χ4n) is 6.84. The lowest BCUT2D eigenvalue weighted by atomic mass is 9.53. The third kappa shape index (κ3) is 4.62. The summed E-state index contributed by atoms with van der Waals surface area (Å²) in [5.41, 5.74) is -0.772. The van der Waals surface area contributed by atoms with Crippen molar-refractivity contribution in [3.05, 3.63) is 23.9 Å². The molecule has 4 bridgehead atoms. The van der Waals surface area contributed by atoms with Crippen molar-refractivity contribution in [2.24, 2.45) is 17.8 Å². The van der Waals surface area contributed by atoms with Crippen molar-refractivity contribution in [3.63, 3.8) is 0 Å². The monoisotopic (exact) mass is 437 g/mol. The number of hydrogen-bond donors (Lipinski definition) is 2. The van der Waals surface area contributed by atoms with E-state index < -0.39 is 11.7 Å². The van der Waals surface area contributed by atoms with E-state index >= 15 is 0 Å². The molecule has 0 spiro atoms. The predicted octanol–water partition coefficient (Wildman–Crippen LogP) is 5.06. The molecule has 8 heteroatoms. The van der Waals surface area contributed by atoms with E-state index in [1.54, 1.807) is 0 Å². The number of ether oxygens (including phenoxy) is 1. The number of carbonyl (C=O) groups is 1.